The molecule has 1 heterocycles. The first-order valence-corrected chi connectivity index (χ1v) is 8.70. The number of H-pyrrole nitrogens is 1. The van der Waals surface area contributed by atoms with Crippen LogP contribution < -0.4 is 5.32 Å². The molecule has 0 aliphatic heterocycles. The molecule has 0 saturated heterocycles. The van der Waals surface area contributed by atoms with E-state index in [1.54, 1.807) is 0 Å². The van der Waals surface area contributed by atoms with Crippen LogP contribution in [0.15, 0.2) is 35.5 Å². The molecule has 0 bridgehead atoms. The van der Waals surface area contributed by atoms with Crippen LogP contribution in [0.2, 0.25) is 5.02 Å². The summed E-state index contributed by atoms with van der Waals surface area (Å²) in [5.74, 6) is 0.918. The van der Waals surface area contributed by atoms with Gasteiger partial charge in [-0.15, -0.1) is 24.0 Å². The molecule has 1 aromatic carbocycles. The first-order chi connectivity index (χ1) is 11.6. The maximum absolute atomic E-state index is 6.06. The summed E-state index contributed by atoms with van der Waals surface area (Å²) in [7, 11) is 2.04. The Hall–Kier alpha value is -1.28. The Morgan fingerprint density at radius 1 is 1.40 bits per heavy atom. The number of nitrogens with one attached hydrogen (secondary N) is 2. The van der Waals surface area contributed by atoms with E-state index >= 15 is 0 Å². The SMILES string of the molecule is CCNC(=NCCCc1cn[nH]c1C)N(C)Cc1cccc(Cl)c1.I. The van der Waals surface area contributed by atoms with Crippen molar-refractivity contribution in [1.82, 2.24) is 20.4 Å². The molecule has 0 aliphatic carbocycles. The first-order valence-electron chi connectivity index (χ1n) is 8.33. The van der Waals surface area contributed by atoms with Crippen LogP contribution in [0.3, 0.4) is 0 Å². The quantitative estimate of drug-likeness (QED) is 0.275. The Morgan fingerprint density at radius 3 is 2.84 bits per heavy atom. The van der Waals surface area contributed by atoms with E-state index in [0.717, 1.165) is 49.2 Å². The molecule has 0 fully saturated rings. The fraction of sp³-hybridized carbons (Fsp3) is 0.444. The van der Waals surface area contributed by atoms with Gasteiger partial charge in [-0.25, -0.2) is 0 Å². The van der Waals surface area contributed by atoms with Crippen LogP contribution >= 0.6 is 35.6 Å². The molecule has 0 spiro atoms. The van der Waals surface area contributed by atoms with Gasteiger partial charge in [0.05, 0.1) is 6.20 Å². The van der Waals surface area contributed by atoms with Gasteiger partial charge in [-0.2, -0.15) is 5.10 Å². The van der Waals surface area contributed by atoms with Crippen LogP contribution in [0, 0.1) is 6.92 Å². The third-order valence-corrected chi connectivity index (χ3v) is 4.04. The highest BCUT2D eigenvalue weighted by molar-refractivity contribution is 14.0. The summed E-state index contributed by atoms with van der Waals surface area (Å²) < 4.78 is 0. The topological polar surface area (TPSA) is 56.3 Å². The fourth-order valence-electron chi connectivity index (χ4n) is 2.54. The Kier molecular flexibility index (Phi) is 9.89. The van der Waals surface area contributed by atoms with E-state index in [0.29, 0.717) is 0 Å². The molecule has 25 heavy (non-hydrogen) atoms. The van der Waals surface area contributed by atoms with Crippen molar-refractivity contribution in [2.45, 2.75) is 33.2 Å². The molecule has 138 valence electrons. The van der Waals surface area contributed by atoms with Crippen LogP contribution in [0.1, 0.15) is 30.2 Å². The molecule has 0 unspecified atom stereocenters. The summed E-state index contributed by atoms with van der Waals surface area (Å²) in [6.45, 7) is 6.53. The predicted molar refractivity (Wildman–Crippen MR) is 116 cm³/mol. The van der Waals surface area contributed by atoms with E-state index in [-0.39, 0.29) is 24.0 Å². The van der Waals surface area contributed by atoms with Gasteiger partial charge in [0.2, 0.25) is 0 Å². The van der Waals surface area contributed by atoms with Crippen LogP contribution in [-0.4, -0.2) is 41.2 Å². The fourth-order valence-corrected chi connectivity index (χ4v) is 2.75. The Bertz CT molecular complexity index is 671. The van der Waals surface area contributed by atoms with Gasteiger partial charge in [0.1, 0.15) is 0 Å². The van der Waals surface area contributed by atoms with Crippen molar-refractivity contribution in [3.05, 3.63) is 52.3 Å². The van der Waals surface area contributed by atoms with Gasteiger partial charge in [0, 0.05) is 37.4 Å². The average Bonchev–Trinajstić information content (AvgIpc) is 2.95. The van der Waals surface area contributed by atoms with E-state index in [1.165, 1.54) is 11.1 Å². The van der Waals surface area contributed by atoms with Crippen molar-refractivity contribution < 1.29 is 0 Å². The third-order valence-electron chi connectivity index (χ3n) is 3.81. The van der Waals surface area contributed by atoms with E-state index in [2.05, 4.69) is 40.3 Å². The monoisotopic (exact) mass is 475 g/mol. The summed E-state index contributed by atoms with van der Waals surface area (Å²) >= 11 is 6.06. The first kappa shape index (κ1) is 21.8. The third kappa shape index (κ3) is 7.23. The van der Waals surface area contributed by atoms with Gasteiger partial charge in [-0.05, 0) is 49.9 Å². The average molecular weight is 476 g/mol. The van der Waals surface area contributed by atoms with Crippen LogP contribution in [0.5, 0.6) is 0 Å². The van der Waals surface area contributed by atoms with Gasteiger partial charge >= 0.3 is 0 Å². The molecule has 5 nitrogen and oxygen atoms in total. The molecule has 2 aromatic rings. The summed E-state index contributed by atoms with van der Waals surface area (Å²) in [5.41, 5.74) is 3.58. The molecule has 0 saturated carbocycles. The maximum atomic E-state index is 6.06. The lowest BCUT2D eigenvalue weighted by molar-refractivity contribution is 0.476. The van der Waals surface area contributed by atoms with Crippen molar-refractivity contribution in [1.29, 1.82) is 0 Å². The largest absolute Gasteiger partial charge is 0.357 e. The molecular formula is C18H27ClIN5. The van der Waals surface area contributed by atoms with Crippen molar-refractivity contribution in [3.63, 3.8) is 0 Å². The zero-order chi connectivity index (χ0) is 17.4. The number of rotatable bonds is 7. The van der Waals surface area contributed by atoms with Crippen LogP contribution in [0.4, 0.5) is 0 Å². The Balaban J connectivity index is 0.00000312. The lowest BCUT2D eigenvalue weighted by Gasteiger charge is -2.22. The minimum Gasteiger partial charge on any atom is -0.357 e. The number of aromatic amines is 1. The molecule has 1 aromatic heterocycles. The maximum Gasteiger partial charge on any atom is 0.193 e. The normalized spacial score (nSPS) is 11.1. The highest BCUT2D eigenvalue weighted by Crippen LogP contribution is 2.12. The van der Waals surface area contributed by atoms with Crippen molar-refractivity contribution >= 4 is 41.5 Å². The number of nitrogens with zero attached hydrogens (tertiary/aromatic N) is 3. The standard InChI is InChI=1S/C18H26ClN5.HI/c1-4-20-18(21-10-6-8-16-12-22-23-14(16)2)24(3)13-15-7-5-9-17(19)11-15;/h5,7,9,11-12H,4,6,8,10,13H2,1-3H3,(H,20,21)(H,22,23);1H. The van der Waals surface area contributed by atoms with Gasteiger partial charge in [-0.3, -0.25) is 10.1 Å². The second kappa shape index (κ2) is 11.4. The summed E-state index contributed by atoms with van der Waals surface area (Å²) in [5, 5.41) is 11.1. The predicted octanol–water partition coefficient (Wildman–Crippen LogP) is 4.02. The smallest absolute Gasteiger partial charge is 0.193 e. The number of aromatic nitrogens is 2. The minimum absolute atomic E-state index is 0. The number of aliphatic imine (C=N–C) groups is 1. The molecule has 0 radical (unpaired) electrons. The van der Waals surface area contributed by atoms with Crippen LogP contribution in [-0.2, 0) is 13.0 Å². The number of hydrogen-bond donors (Lipinski definition) is 2. The number of guanidine groups is 1. The minimum atomic E-state index is 0. The van der Waals surface area contributed by atoms with Crippen molar-refractivity contribution in [3.8, 4) is 0 Å². The number of hydrogen-bond acceptors (Lipinski definition) is 2. The number of halogens is 2. The lowest BCUT2D eigenvalue weighted by atomic mass is 10.1. The van der Waals surface area contributed by atoms with Gasteiger partial charge < -0.3 is 10.2 Å². The summed E-state index contributed by atoms with van der Waals surface area (Å²) in [6, 6.07) is 7.93. The van der Waals surface area contributed by atoms with E-state index in [1.807, 2.05) is 31.4 Å². The van der Waals surface area contributed by atoms with E-state index in [4.69, 9.17) is 16.6 Å². The van der Waals surface area contributed by atoms with E-state index in [9.17, 15) is 0 Å². The molecule has 2 N–H and O–H groups in total. The van der Waals surface area contributed by atoms with Crippen molar-refractivity contribution in [2.75, 3.05) is 20.1 Å². The Labute approximate surface area is 172 Å². The molecule has 0 aliphatic rings. The summed E-state index contributed by atoms with van der Waals surface area (Å²) in [4.78, 5) is 6.85. The Morgan fingerprint density at radius 2 is 2.20 bits per heavy atom. The second-order valence-corrected chi connectivity index (χ2v) is 6.28. The molecule has 0 atom stereocenters. The molecule has 2 rings (SSSR count). The second-order valence-electron chi connectivity index (χ2n) is 5.85. The number of aryl methyl sites for hydroxylation is 2. The van der Waals surface area contributed by atoms with Gasteiger partial charge in [0.15, 0.2) is 5.96 Å². The molecule has 7 heteroatoms. The van der Waals surface area contributed by atoms with Gasteiger partial charge in [0.25, 0.3) is 0 Å². The molecule has 0 amide bonds. The van der Waals surface area contributed by atoms with Crippen molar-refractivity contribution in [2.24, 2.45) is 4.99 Å². The summed E-state index contributed by atoms with van der Waals surface area (Å²) in [6.07, 6.45) is 3.89. The zero-order valence-electron chi connectivity index (χ0n) is 15.1. The number of benzene rings is 1. The molecular weight excluding hydrogens is 449 g/mol. The highest BCUT2D eigenvalue weighted by Gasteiger charge is 2.07. The van der Waals surface area contributed by atoms with E-state index < -0.39 is 0 Å². The van der Waals surface area contributed by atoms with Gasteiger partial charge in [-0.1, -0.05) is 23.7 Å². The zero-order valence-corrected chi connectivity index (χ0v) is 18.1. The van der Waals surface area contributed by atoms with Crippen LogP contribution in [0.25, 0.3) is 0 Å². The lowest BCUT2D eigenvalue weighted by Crippen LogP contribution is -2.38. The highest BCUT2D eigenvalue weighted by atomic mass is 127.